The van der Waals surface area contributed by atoms with Crippen molar-refractivity contribution in [1.29, 1.82) is 0 Å². The number of likely N-dealkylation sites (tertiary alicyclic amines) is 1. The zero-order valence-corrected chi connectivity index (χ0v) is 18.0. The Labute approximate surface area is 181 Å². The number of benzene rings is 1. The van der Waals surface area contributed by atoms with Gasteiger partial charge in [-0.1, -0.05) is 12.1 Å². The summed E-state index contributed by atoms with van der Waals surface area (Å²) in [5.74, 6) is -0.174. The molecule has 0 bridgehead atoms. The van der Waals surface area contributed by atoms with Crippen LogP contribution in [0, 0.1) is 5.92 Å². The van der Waals surface area contributed by atoms with Crippen molar-refractivity contribution in [1.82, 2.24) is 15.5 Å². The van der Waals surface area contributed by atoms with Crippen LogP contribution in [0.3, 0.4) is 0 Å². The number of urea groups is 1. The maximum atomic E-state index is 12.9. The molecule has 3 rings (SSSR count). The van der Waals surface area contributed by atoms with E-state index >= 15 is 0 Å². The maximum Gasteiger partial charge on any atom is 0.338 e. The normalized spacial score (nSPS) is 20.1. The Hall–Kier alpha value is -3.07. The van der Waals surface area contributed by atoms with Crippen LogP contribution in [0.15, 0.2) is 35.5 Å². The van der Waals surface area contributed by atoms with Crippen LogP contribution in [0.1, 0.15) is 38.3 Å². The molecule has 1 aromatic rings. The summed E-state index contributed by atoms with van der Waals surface area (Å²) in [6.07, 6.45) is 1.32. The Morgan fingerprint density at radius 3 is 2.39 bits per heavy atom. The topological polar surface area (TPSA) is 123 Å². The summed E-state index contributed by atoms with van der Waals surface area (Å²) in [6.45, 7) is 6.11. The fraction of sp³-hybridized carbons (Fsp3) is 0.500. The summed E-state index contributed by atoms with van der Waals surface area (Å²) >= 11 is 0. The molecule has 0 spiro atoms. The number of primary amides is 1. The van der Waals surface area contributed by atoms with E-state index in [9.17, 15) is 14.4 Å². The van der Waals surface area contributed by atoms with Crippen LogP contribution in [0.25, 0.3) is 0 Å². The first-order valence-electron chi connectivity index (χ1n) is 10.6. The summed E-state index contributed by atoms with van der Waals surface area (Å²) in [5.41, 5.74) is 7.07. The van der Waals surface area contributed by atoms with Crippen LogP contribution in [0.5, 0.6) is 5.75 Å². The van der Waals surface area contributed by atoms with E-state index in [1.165, 1.54) is 0 Å². The summed E-state index contributed by atoms with van der Waals surface area (Å²) < 4.78 is 10.8. The summed E-state index contributed by atoms with van der Waals surface area (Å²) in [5, 5.41) is 5.62. The smallest absolute Gasteiger partial charge is 0.338 e. The van der Waals surface area contributed by atoms with E-state index in [1.54, 1.807) is 6.92 Å². The van der Waals surface area contributed by atoms with Crippen molar-refractivity contribution < 1.29 is 23.9 Å². The molecule has 0 aliphatic carbocycles. The van der Waals surface area contributed by atoms with Crippen LogP contribution in [-0.2, 0) is 14.3 Å². The van der Waals surface area contributed by atoms with E-state index in [0.717, 1.165) is 5.56 Å². The van der Waals surface area contributed by atoms with Crippen molar-refractivity contribution in [3.63, 3.8) is 0 Å². The zero-order chi connectivity index (χ0) is 22.4. The molecule has 4 N–H and O–H groups in total. The Kier molecular flexibility index (Phi) is 7.51. The minimum Gasteiger partial charge on any atom is -0.494 e. The predicted octanol–water partition coefficient (Wildman–Crippen LogP) is 1.45. The number of nitrogens with zero attached hydrogens (tertiary/aromatic N) is 1. The fourth-order valence-corrected chi connectivity index (χ4v) is 3.96. The predicted molar refractivity (Wildman–Crippen MR) is 114 cm³/mol. The molecule has 9 heteroatoms. The molecule has 3 amide bonds. The molecule has 1 fully saturated rings. The van der Waals surface area contributed by atoms with Gasteiger partial charge in [0.1, 0.15) is 5.75 Å². The van der Waals surface area contributed by atoms with E-state index in [-0.39, 0.29) is 24.5 Å². The van der Waals surface area contributed by atoms with Gasteiger partial charge >= 0.3 is 12.0 Å². The number of hydrogen-bond donors (Lipinski definition) is 3. The minimum atomic E-state index is -0.637. The lowest BCUT2D eigenvalue weighted by Gasteiger charge is -2.34. The highest BCUT2D eigenvalue weighted by molar-refractivity contribution is 5.95. The van der Waals surface area contributed by atoms with Gasteiger partial charge in [-0.25, -0.2) is 9.59 Å². The number of carbonyl (C=O) groups is 3. The van der Waals surface area contributed by atoms with Crippen molar-refractivity contribution in [3.05, 3.63) is 41.1 Å². The van der Waals surface area contributed by atoms with Gasteiger partial charge in [0.05, 0.1) is 24.8 Å². The number of amides is 3. The van der Waals surface area contributed by atoms with E-state index in [0.29, 0.717) is 56.1 Å². The van der Waals surface area contributed by atoms with Gasteiger partial charge < -0.3 is 25.8 Å². The average molecular weight is 431 g/mol. The molecule has 31 heavy (non-hydrogen) atoms. The molecular weight excluding hydrogens is 400 g/mol. The molecule has 9 nitrogen and oxygen atoms in total. The van der Waals surface area contributed by atoms with Crippen LogP contribution < -0.4 is 21.1 Å². The second kappa shape index (κ2) is 10.3. The molecule has 1 atom stereocenters. The van der Waals surface area contributed by atoms with Gasteiger partial charge in [-0.05, 0) is 57.5 Å². The molecule has 0 radical (unpaired) electrons. The van der Waals surface area contributed by atoms with Crippen LogP contribution in [-0.4, -0.2) is 55.7 Å². The number of hydrogen-bond acceptors (Lipinski definition) is 6. The van der Waals surface area contributed by atoms with Gasteiger partial charge in [0.2, 0.25) is 5.91 Å². The number of rotatable bonds is 8. The first kappa shape index (κ1) is 22.6. The first-order chi connectivity index (χ1) is 14.9. The Bertz CT molecular complexity index is 844. The summed E-state index contributed by atoms with van der Waals surface area (Å²) in [7, 11) is 0. The standard InChI is InChI=1S/C22H30N4O5/c1-3-30-16-7-5-14(6-8-16)19-18(21(28)31-4-2)17(24-22(29)25-19)13-26-11-9-15(10-12-26)20(23)27/h5-8,15,19H,3-4,9-13H2,1-2H3,(H2,23,27)(H2,24,25,29). The molecule has 0 saturated carbocycles. The maximum absolute atomic E-state index is 12.9. The first-order valence-corrected chi connectivity index (χ1v) is 10.6. The lowest BCUT2D eigenvalue weighted by atomic mass is 9.93. The van der Waals surface area contributed by atoms with E-state index in [1.807, 2.05) is 31.2 Å². The Morgan fingerprint density at radius 2 is 1.81 bits per heavy atom. The van der Waals surface area contributed by atoms with E-state index in [4.69, 9.17) is 15.2 Å². The van der Waals surface area contributed by atoms with Gasteiger partial charge in [0, 0.05) is 18.2 Å². The van der Waals surface area contributed by atoms with Crippen LogP contribution in [0.4, 0.5) is 4.79 Å². The molecule has 2 aliphatic heterocycles. The largest absolute Gasteiger partial charge is 0.494 e. The Balaban J connectivity index is 1.88. The molecule has 2 heterocycles. The number of nitrogens with two attached hydrogens (primary N) is 1. The van der Waals surface area contributed by atoms with Crippen molar-refractivity contribution in [2.24, 2.45) is 11.7 Å². The number of esters is 1. The third-order valence-corrected chi connectivity index (χ3v) is 5.55. The van der Waals surface area contributed by atoms with Crippen molar-refractivity contribution in [2.45, 2.75) is 32.7 Å². The highest BCUT2D eigenvalue weighted by Gasteiger charge is 2.35. The summed E-state index contributed by atoms with van der Waals surface area (Å²) in [6, 6.07) is 6.26. The van der Waals surface area contributed by atoms with Gasteiger partial charge in [0.15, 0.2) is 0 Å². The lowest BCUT2D eigenvalue weighted by Crippen LogP contribution is -2.49. The lowest BCUT2D eigenvalue weighted by molar-refractivity contribution is -0.139. The van der Waals surface area contributed by atoms with Crippen molar-refractivity contribution >= 4 is 17.9 Å². The van der Waals surface area contributed by atoms with Crippen LogP contribution >= 0.6 is 0 Å². The van der Waals surface area contributed by atoms with Crippen molar-refractivity contribution in [2.75, 3.05) is 32.8 Å². The number of ether oxygens (including phenoxy) is 2. The van der Waals surface area contributed by atoms with Gasteiger partial charge in [-0.3, -0.25) is 9.69 Å². The van der Waals surface area contributed by atoms with E-state index in [2.05, 4.69) is 15.5 Å². The number of nitrogens with one attached hydrogen (secondary N) is 2. The highest BCUT2D eigenvalue weighted by atomic mass is 16.5. The Morgan fingerprint density at radius 1 is 1.13 bits per heavy atom. The molecule has 1 unspecified atom stereocenters. The number of piperidine rings is 1. The van der Waals surface area contributed by atoms with Gasteiger partial charge in [0.25, 0.3) is 0 Å². The molecule has 1 aromatic carbocycles. The SMILES string of the molecule is CCOC(=O)C1=C(CN2CCC(C(N)=O)CC2)NC(=O)NC1c1ccc(OCC)cc1. The highest BCUT2D eigenvalue weighted by Crippen LogP contribution is 2.30. The minimum absolute atomic E-state index is 0.131. The molecule has 1 saturated heterocycles. The third-order valence-electron chi connectivity index (χ3n) is 5.55. The molecule has 2 aliphatic rings. The van der Waals surface area contributed by atoms with Crippen molar-refractivity contribution in [3.8, 4) is 5.75 Å². The fourth-order valence-electron chi connectivity index (χ4n) is 3.96. The number of carbonyl (C=O) groups excluding carboxylic acids is 3. The average Bonchev–Trinajstić information content (AvgIpc) is 2.74. The molecular formula is C22H30N4O5. The van der Waals surface area contributed by atoms with Gasteiger partial charge in [-0.2, -0.15) is 0 Å². The molecule has 0 aromatic heterocycles. The zero-order valence-electron chi connectivity index (χ0n) is 18.0. The monoisotopic (exact) mass is 430 g/mol. The quantitative estimate of drug-likeness (QED) is 0.537. The van der Waals surface area contributed by atoms with Crippen LogP contribution in [0.2, 0.25) is 0 Å². The molecule has 168 valence electrons. The van der Waals surface area contributed by atoms with E-state index < -0.39 is 12.0 Å². The summed E-state index contributed by atoms with van der Waals surface area (Å²) in [4.78, 5) is 38.8. The third kappa shape index (κ3) is 5.55. The second-order valence-electron chi connectivity index (χ2n) is 7.60. The van der Waals surface area contributed by atoms with Gasteiger partial charge in [-0.15, -0.1) is 0 Å². The second-order valence-corrected chi connectivity index (χ2v) is 7.60.